The van der Waals surface area contributed by atoms with Crippen molar-refractivity contribution in [2.24, 2.45) is 17.6 Å². The summed E-state index contributed by atoms with van der Waals surface area (Å²) in [6.07, 6.45) is -0.207. The van der Waals surface area contributed by atoms with Gasteiger partial charge in [0, 0.05) is 36.6 Å². The second kappa shape index (κ2) is 8.54. The van der Waals surface area contributed by atoms with Crippen molar-refractivity contribution in [2.75, 3.05) is 32.8 Å². The van der Waals surface area contributed by atoms with E-state index in [0.29, 0.717) is 31.9 Å². The smallest absolute Gasteiger partial charge is 0.255 e. The first kappa shape index (κ1) is 24.2. The van der Waals surface area contributed by atoms with Crippen LogP contribution >= 0.6 is 0 Å². The predicted octanol–water partition coefficient (Wildman–Crippen LogP) is 0.0954. The molecule has 1 heterocycles. The van der Waals surface area contributed by atoms with Crippen molar-refractivity contribution in [1.29, 1.82) is 0 Å². The molecule has 4 aliphatic rings. The van der Waals surface area contributed by atoms with Crippen molar-refractivity contribution in [3.63, 3.8) is 0 Å². The Morgan fingerprint density at radius 1 is 1.11 bits per heavy atom. The predicted molar refractivity (Wildman–Crippen MR) is 122 cm³/mol. The average molecular weight is 498 g/mol. The van der Waals surface area contributed by atoms with E-state index < -0.39 is 57.8 Å². The Bertz CT molecular complexity index is 1270. The average Bonchev–Trinajstić information content (AvgIpc) is 2.82. The number of morpholine rings is 1. The van der Waals surface area contributed by atoms with Crippen LogP contribution in [-0.2, 0) is 20.7 Å². The van der Waals surface area contributed by atoms with Gasteiger partial charge >= 0.3 is 0 Å². The highest BCUT2D eigenvalue weighted by atomic mass is 16.5. The van der Waals surface area contributed by atoms with Gasteiger partial charge in [0.05, 0.1) is 25.3 Å². The van der Waals surface area contributed by atoms with E-state index in [-0.39, 0.29) is 48.3 Å². The van der Waals surface area contributed by atoms with E-state index in [9.17, 15) is 39.6 Å². The minimum Gasteiger partial charge on any atom is -0.511 e. The highest BCUT2D eigenvalue weighted by molar-refractivity contribution is 6.24. The summed E-state index contributed by atoms with van der Waals surface area (Å²) in [5, 5.41) is 43.1. The van der Waals surface area contributed by atoms with Crippen molar-refractivity contribution in [3.8, 4) is 5.75 Å². The minimum absolute atomic E-state index is 0.00959. The van der Waals surface area contributed by atoms with Crippen LogP contribution in [0.25, 0.3) is 0 Å². The number of aliphatic hydroxyl groups is 3. The largest absolute Gasteiger partial charge is 0.511 e. The number of fused-ring (bicyclic) bond motifs is 3. The summed E-state index contributed by atoms with van der Waals surface area (Å²) in [5.41, 5.74) is 1.96. The molecule has 0 spiro atoms. The molecule has 0 bridgehead atoms. The normalized spacial score (nSPS) is 28.5. The second-order valence-corrected chi connectivity index (χ2v) is 9.71. The van der Waals surface area contributed by atoms with Crippen LogP contribution in [0.4, 0.5) is 0 Å². The summed E-state index contributed by atoms with van der Waals surface area (Å²) in [4.78, 5) is 53.4. The van der Waals surface area contributed by atoms with E-state index in [0.717, 1.165) is 0 Å². The summed E-state index contributed by atoms with van der Waals surface area (Å²) >= 11 is 0. The van der Waals surface area contributed by atoms with Gasteiger partial charge in [0.2, 0.25) is 5.78 Å². The molecule has 1 aliphatic heterocycles. The molecule has 6 N–H and O–H groups in total. The number of nitrogens with two attached hydrogens (primary N) is 1. The molecule has 190 valence electrons. The summed E-state index contributed by atoms with van der Waals surface area (Å²) < 4.78 is 5.31. The monoisotopic (exact) mass is 498 g/mol. The fourth-order valence-corrected chi connectivity index (χ4v) is 5.93. The summed E-state index contributed by atoms with van der Waals surface area (Å²) in [6, 6.07) is 2.70. The van der Waals surface area contributed by atoms with Gasteiger partial charge in [-0.3, -0.25) is 24.1 Å². The third-order valence-electron chi connectivity index (χ3n) is 7.72. The molecule has 1 amide bonds. The minimum atomic E-state index is -2.62. The number of carbonyl (C=O) groups excluding carboxylic acids is 4. The van der Waals surface area contributed by atoms with Crippen molar-refractivity contribution in [1.82, 2.24) is 4.90 Å². The number of ketones is 3. The van der Waals surface area contributed by atoms with Gasteiger partial charge in [-0.15, -0.1) is 0 Å². The number of Topliss-reactive ketones (excluding diaryl/α,β-unsaturated/α-hetero) is 3. The maximum absolute atomic E-state index is 13.6. The lowest BCUT2D eigenvalue weighted by molar-refractivity contribution is -0.144. The number of allylic oxidation sites excluding steroid dienone is 2. The lowest BCUT2D eigenvalue weighted by Crippen LogP contribution is -2.57. The molecule has 11 nitrogen and oxygen atoms in total. The Kier molecular flexibility index (Phi) is 5.73. The van der Waals surface area contributed by atoms with Gasteiger partial charge < -0.3 is 30.9 Å². The molecule has 36 heavy (non-hydrogen) atoms. The maximum Gasteiger partial charge on any atom is 0.255 e. The third kappa shape index (κ3) is 3.46. The molecule has 0 unspecified atom stereocenters. The van der Waals surface area contributed by atoms with Crippen LogP contribution in [0.3, 0.4) is 0 Å². The summed E-state index contributed by atoms with van der Waals surface area (Å²) in [7, 11) is 0. The SMILES string of the molecule is NC(=O)C1=C(O)C[C@@H]2C[C@@H]3Cc4c(C(=O)CN5CCOCC5)ccc(O)c4C(=O)C3=C(O)[C@]2(O)C1=O. The van der Waals surface area contributed by atoms with E-state index >= 15 is 0 Å². The topological polar surface area (TPSA) is 188 Å². The molecular formula is C25H26N2O9. The first-order chi connectivity index (χ1) is 17.1. The first-order valence-electron chi connectivity index (χ1n) is 11.7. The Balaban J connectivity index is 1.57. The summed E-state index contributed by atoms with van der Waals surface area (Å²) in [6.45, 7) is 2.31. The Morgan fingerprint density at radius 2 is 1.81 bits per heavy atom. The van der Waals surface area contributed by atoms with Gasteiger partial charge in [-0.05, 0) is 36.5 Å². The number of hydrogen-bond donors (Lipinski definition) is 5. The molecule has 1 aromatic rings. The molecular weight excluding hydrogens is 472 g/mol. The van der Waals surface area contributed by atoms with Crippen LogP contribution in [0.1, 0.15) is 39.1 Å². The van der Waals surface area contributed by atoms with Crippen LogP contribution in [-0.4, -0.2) is 87.0 Å². The number of phenols is 1. The van der Waals surface area contributed by atoms with E-state index in [4.69, 9.17) is 10.5 Å². The van der Waals surface area contributed by atoms with Crippen molar-refractivity contribution < 1.29 is 44.3 Å². The Hall–Kier alpha value is -3.54. The lowest BCUT2D eigenvalue weighted by atomic mass is 9.60. The fourth-order valence-electron chi connectivity index (χ4n) is 5.93. The molecule has 0 saturated carbocycles. The van der Waals surface area contributed by atoms with E-state index in [1.54, 1.807) is 0 Å². The number of benzene rings is 1. The number of amides is 1. The Labute approximate surface area is 205 Å². The molecule has 1 fully saturated rings. The van der Waals surface area contributed by atoms with E-state index in [1.165, 1.54) is 12.1 Å². The number of nitrogens with zero attached hydrogens (tertiary/aromatic N) is 1. The molecule has 11 heteroatoms. The highest BCUT2D eigenvalue weighted by Gasteiger charge is 2.59. The fraction of sp³-hybridized carbons (Fsp3) is 0.440. The molecule has 5 rings (SSSR count). The number of phenolic OH excluding ortho intramolecular Hbond substituents is 1. The zero-order chi connectivity index (χ0) is 25.9. The number of aromatic hydroxyl groups is 1. The number of carbonyl (C=O) groups is 4. The molecule has 0 radical (unpaired) electrons. The van der Waals surface area contributed by atoms with E-state index in [1.807, 2.05) is 4.90 Å². The van der Waals surface area contributed by atoms with Gasteiger partial charge in [-0.2, -0.15) is 0 Å². The van der Waals surface area contributed by atoms with Crippen molar-refractivity contribution >= 4 is 23.3 Å². The number of hydrogen-bond acceptors (Lipinski definition) is 10. The van der Waals surface area contributed by atoms with Crippen molar-refractivity contribution in [2.45, 2.75) is 24.9 Å². The second-order valence-electron chi connectivity index (χ2n) is 9.71. The maximum atomic E-state index is 13.6. The quantitative estimate of drug-likeness (QED) is 0.281. The zero-order valence-electron chi connectivity index (χ0n) is 19.3. The zero-order valence-corrected chi connectivity index (χ0v) is 19.3. The number of rotatable bonds is 4. The first-order valence-corrected chi connectivity index (χ1v) is 11.7. The molecule has 1 saturated heterocycles. The number of ether oxygens (including phenoxy) is 1. The van der Waals surface area contributed by atoms with Crippen LogP contribution < -0.4 is 5.73 Å². The standard InChI is InChI=1S/C25H26N2O9/c26-24(34)20-16(29)9-12-7-11-8-14-13(17(30)10-27-3-5-36-6-4-27)1-2-15(28)19(14)21(31)18(11)22(32)25(12,35)23(20)33/h1-2,11-12,28-29,32,35H,3-10H2,(H2,26,34)/t11-,12+,25+/m1/s1. The van der Waals surface area contributed by atoms with Gasteiger partial charge in [0.25, 0.3) is 5.91 Å². The molecule has 3 aliphatic carbocycles. The number of aliphatic hydroxyl groups excluding tert-OH is 2. The third-order valence-corrected chi connectivity index (χ3v) is 7.72. The van der Waals surface area contributed by atoms with Crippen LogP contribution in [0.5, 0.6) is 5.75 Å². The van der Waals surface area contributed by atoms with Crippen LogP contribution in [0, 0.1) is 11.8 Å². The van der Waals surface area contributed by atoms with Gasteiger partial charge in [0.15, 0.2) is 17.2 Å². The Morgan fingerprint density at radius 3 is 2.47 bits per heavy atom. The van der Waals surface area contributed by atoms with E-state index in [2.05, 4.69) is 0 Å². The highest BCUT2D eigenvalue weighted by Crippen LogP contribution is 2.51. The lowest BCUT2D eigenvalue weighted by Gasteiger charge is -2.45. The van der Waals surface area contributed by atoms with Crippen molar-refractivity contribution in [3.05, 3.63) is 51.5 Å². The van der Waals surface area contributed by atoms with Gasteiger partial charge in [0.1, 0.15) is 22.8 Å². The van der Waals surface area contributed by atoms with Crippen LogP contribution in [0.15, 0.2) is 34.8 Å². The van der Waals surface area contributed by atoms with Gasteiger partial charge in [-0.25, -0.2) is 0 Å². The van der Waals surface area contributed by atoms with Crippen LogP contribution in [0.2, 0.25) is 0 Å². The van der Waals surface area contributed by atoms with Gasteiger partial charge in [-0.1, -0.05) is 0 Å². The number of primary amides is 1. The molecule has 1 aromatic carbocycles. The molecule has 3 atom stereocenters. The summed E-state index contributed by atoms with van der Waals surface area (Å²) in [5.74, 6) is -7.18. The molecule has 0 aromatic heterocycles.